The predicted molar refractivity (Wildman–Crippen MR) is 75.8 cm³/mol. The first-order valence-corrected chi connectivity index (χ1v) is 7.04. The third-order valence-corrected chi connectivity index (χ3v) is 4.53. The summed E-state index contributed by atoms with van der Waals surface area (Å²) in [6, 6.07) is 2.09. The predicted octanol–water partition coefficient (Wildman–Crippen LogP) is 2.07. The average molecular weight is 263 g/mol. The van der Waals surface area contributed by atoms with Gasteiger partial charge in [0.1, 0.15) is 10.6 Å². The highest BCUT2D eigenvalue weighted by Gasteiger charge is 2.28. The van der Waals surface area contributed by atoms with Gasteiger partial charge in [-0.25, -0.2) is 10.8 Å². The molecular formula is C12H17N5S. The fourth-order valence-corrected chi connectivity index (χ4v) is 3.21. The molecule has 0 saturated carbocycles. The lowest BCUT2D eigenvalue weighted by Gasteiger charge is -2.18. The molecule has 3 rings (SSSR count). The molecular weight excluding hydrogens is 246 g/mol. The maximum absolute atomic E-state index is 5.44. The van der Waals surface area contributed by atoms with Crippen molar-refractivity contribution in [1.82, 2.24) is 9.97 Å². The first-order valence-electron chi connectivity index (χ1n) is 6.16. The molecule has 0 radical (unpaired) electrons. The monoisotopic (exact) mass is 263 g/mol. The molecule has 0 aliphatic carbocycles. The van der Waals surface area contributed by atoms with Gasteiger partial charge in [0.2, 0.25) is 5.95 Å². The molecule has 2 aromatic rings. The summed E-state index contributed by atoms with van der Waals surface area (Å²) >= 11 is 1.62. The van der Waals surface area contributed by atoms with Crippen molar-refractivity contribution in [3.63, 3.8) is 0 Å². The zero-order valence-corrected chi connectivity index (χ0v) is 11.4. The number of aromatic nitrogens is 2. The van der Waals surface area contributed by atoms with E-state index in [1.165, 1.54) is 0 Å². The summed E-state index contributed by atoms with van der Waals surface area (Å²) in [7, 11) is 0. The SMILES string of the molecule is CC1CN(c2nc(NN)nc3sccc23)CC1C. The van der Waals surface area contributed by atoms with E-state index in [-0.39, 0.29) is 0 Å². The molecule has 5 nitrogen and oxygen atoms in total. The van der Waals surface area contributed by atoms with E-state index < -0.39 is 0 Å². The van der Waals surface area contributed by atoms with E-state index in [4.69, 9.17) is 5.84 Å². The molecule has 0 amide bonds. The van der Waals surface area contributed by atoms with Crippen molar-refractivity contribution < 1.29 is 0 Å². The Morgan fingerprint density at radius 1 is 1.33 bits per heavy atom. The number of nitrogens with one attached hydrogen (secondary N) is 1. The third kappa shape index (κ3) is 1.81. The molecule has 0 bridgehead atoms. The maximum atomic E-state index is 5.44. The van der Waals surface area contributed by atoms with Crippen LogP contribution in [0.25, 0.3) is 10.2 Å². The summed E-state index contributed by atoms with van der Waals surface area (Å²) in [5.74, 6) is 8.33. The summed E-state index contributed by atoms with van der Waals surface area (Å²) in [5, 5.41) is 3.17. The molecule has 6 heteroatoms. The number of rotatable bonds is 2. The zero-order chi connectivity index (χ0) is 12.7. The quantitative estimate of drug-likeness (QED) is 0.641. The Morgan fingerprint density at radius 3 is 2.72 bits per heavy atom. The second-order valence-electron chi connectivity index (χ2n) is 5.01. The van der Waals surface area contributed by atoms with Gasteiger partial charge in [-0.05, 0) is 23.3 Å². The molecule has 3 N–H and O–H groups in total. The molecule has 2 aromatic heterocycles. The molecule has 1 aliphatic heterocycles. The fourth-order valence-electron chi connectivity index (χ4n) is 2.45. The van der Waals surface area contributed by atoms with E-state index in [9.17, 15) is 0 Å². The summed E-state index contributed by atoms with van der Waals surface area (Å²) < 4.78 is 0. The van der Waals surface area contributed by atoms with Crippen LogP contribution in [0, 0.1) is 11.8 Å². The van der Waals surface area contributed by atoms with Gasteiger partial charge in [0.05, 0.1) is 5.39 Å². The minimum atomic E-state index is 0.493. The first kappa shape index (κ1) is 11.7. The summed E-state index contributed by atoms with van der Waals surface area (Å²) in [6.45, 7) is 6.68. The maximum Gasteiger partial charge on any atom is 0.240 e. The zero-order valence-electron chi connectivity index (χ0n) is 10.6. The van der Waals surface area contributed by atoms with Crippen LogP contribution in [0.1, 0.15) is 13.8 Å². The normalized spacial score (nSPS) is 23.8. The molecule has 18 heavy (non-hydrogen) atoms. The Morgan fingerprint density at radius 2 is 2.06 bits per heavy atom. The van der Waals surface area contributed by atoms with Crippen LogP contribution in [0.15, 0.2) is 11.4 Å². The van der Waals surface area contributed by atoms with Crippen LogP contribution in [-0.4, -0.2) is 23.1 Å². The Bertz CT molecular complexity index is 557. The Labute approximate surface area is 110 Å². The number of nitrogen functional groups attached to an aromatic ring is 1. The Balaban J connectivity index is 2.07. The van der Waals surface area contributed by atoms with Crippen LogP contribution in [0.4, 0.5) is 11.8 Å². The second kappa shape index (κ2) is 4.37. The van der Waals surface area contributed by atoms with Crippen molar-refractivity contribution in [2.45, 2.75) is 13.8 Å². The van der Waals surface area contributed by atoms with E-state index in [1.54, 1.807) is 11.3 Å². The third-order valence-electron chi connectivity index (χ3n) is 3.72. The highest BCUT2D eigenvalue weighted by Crippen LogP contribution is 2.33. The van der Waals surface area contributed by atoms with Crippen molar-refractivity contribution >= 4 is 33.3 Å². The van der Waals surface area contributed by atoms with Gasteiger partial charge in [0.25, 0.3) is 0 Å². The van der Waals surface area contributed by atoms with E-state index in [0.717, 1.165) is 29.1 Å². The van der Waals surface area contributed by atoms with E-state index in [0.29, 0.717) is 17.8 Å². The molecule has 2 unspecified atom stereocenters. The lowest BCUT2D eigenvalue weighted by molar-refractivity contribution is 0.494. The number of fused-ring (bicyclic) bond motifs is 1. The molecule has 0 spiro atoms. The van der Waals surface area contributed by atoms with Gasteiger partial charge in [-0.1, -0.05) is 13.8 Å². The fraction of sp³-hybridized carbons (Fsp3) is 0.500. The molecule has 2 atom stereocenters. The van der Waals surface area contributed by atoms with E-state index in [2.05, 4.69) is 40.2 Å². The Kier molecular flexibility index (Phi) is 2.83. The lowest BCUT2D eigenvalue weighted by Crippen LogP contribution is -2.22. The van der Waals surface area contributed by atoms with E-state index in [1.807, 2.05) is 5.38 Å². The van der Waals surface area contributed by atoms with Crippen molar-refractivity contribution in [3.8, 4) is 0 Å². The number of hydrogen-bond donors (Lipinski definition) is 2. The smallest absolute Gasteiger partial charge is 0.240 e. The molecule has 1 aliphatic rings. The Hall–Kier alpha value is -1.40. The highest BCUT2D eigenvalue weighted by atomic mass is 32.1. The number of thiophene rings is 1. The van der Waals surface area contributed by atoms with Crippen LogP contribution in [-0.2, 0) is 0 Å². The standard InChI is InChI=1S/C12H17N5S/c1-7-5-17(6-8(7)2)10-9-3-4-18-11(9)15-12(14-10)16-13/h3-4,7-8H,5-6,13H2,1-2H3,(H,14,15,16). The number of anilines is 2. The molecule has 96 valence electrons. The average Bonchev–Trinajstić information content (AvgIpc) is 2.95. The highest BCUT2D eigenvalue weighted by molar-refractivity contribution is 7.16. The van der Waals surface area contributed by atoms with Gasteiger partial charge in [-0.2, -0.15) is 4.98 Å². The van der Waals surface area contributed by atoms with Crippen LogP contribution in [0.5, 0.6) is 0 Å². The van der Waals surface area contributed by atoms with E-state index >= 15 is 0 Å². The van der Waals surface area contributed by atoms with Gasteiger partial charge in [-0.3, -0.25) is 5.43 Å². The van der Waals surface area contributed by atoms with Crippen molar-refractivity contribution in [1.29, 1.82) is 0 Å². The van der Waals surface area contributed by atoms with Crippen LogP contribution >= 0.6 is 11.3 Å². The van der Waals surface area contributed by atoms with Gasteiger partial charge in [0, 0.05) is 13.1 Å². The van der Waals surface area contributed by atoms with Gasteiger partial charge in [-0.15, -0.1) is 11.3 Å². The topological polar surface area (TPSA) is 67.1 Å². The van der Waals surface area contributed by atoms with Crippen molar-refractivity contribution in [2.24, 2.45) is 17.7 Å². The first-order chi connectivity index (χ1) is 8.69. The molecule has 1 fully saturated rings. The molecule has 3 heterocycles. The summed E-state index contributed by atoms with van der Waals surface area (Å²) in [6.07, 6.45) is 0. The van der Waals surface area contributed by atoms with Crippen LogP contribution in [0.2, 0.25) is 0 Å². The van der Waals surface area contributed by atoms with Crippen molar-refractivity contribution in [3.05, 3.63) is 11.4 Å². The largest absolute Gasteiger partial charge is 0.355 e. The minimum Gasteiger partial charge on any atom is -0.355 e. The lowest BCUT2D eigenvalue weighted by atomic mass is 10.0. The van der Waals surface area contributed by atoms with Gasteiger partial charge in [0.15, 0.2) is 0 Å². The summed E-state index contributed by atoms with van der Waals surface area (Å²) in [4.78, 5) is 12.2. The molecule has 1 saturated heterocycles. The van der Waals surface area contributed by atoms with Gasteiger partial charge >= 0.3 is 0 Å². The number of hydrogen-bond acceptors (Lipinski definition) is 6. The summed E-state index contributed by atoms with van der Waals surface area (Å²) in [5.41, 5.74) is 2.55. The number of nitrogens with zero attached hydrogens (tertiary/aromatic N) is 3. The van der Waals surface area contributed by atoms with Crippen LogP contribution in [0.3, 0.4) is 0 Å². The van der Waals surface area contributed by atoms with Gasteiger partial charge < -0.3 is 4.90 Å². The molecule has 0 aromatic carbocycles. The van der Waals surface area contributed by atoms with Crippen LogP contribution < -0.4 is 16.2 Å². The minimum absolute atomic E-state index is 0.493. The van der Waals surface area contributed by atoms with Crippen molar-refractivity contribution in [2.75, 3.05) is 23.4 Å². The number of hydrazine groups is 1. The second-order valence-corrected chi connectivity index (χ2v) is 5.91. The number of nitrogens with two attached hydrogens (primary N) is 1.